The third-order valence-corrected chi connectivity index (χ3v) is 3.58. The lowest BCUT2D eigenvalue weighted by Gasteiger charge is -2.21. The first-order valence-corrected chi connectivity index (χ1v) is 6.76. The minimum atomic E-state index is -0.404. The molecule has 106 valence electrons. The average Bonchev–Trinajstić information content (AvgIpc) is 2.75. The molecule has 1 heterocycles. The Bertz CT molecular complexity index is 444. The maximum absolute atomic E-state index is 12.1. The molecule has 1 aliphatic heterocycles. The number of hydrogen-bond donors (Lipinski definition) is 2. The Morgan fingerprint density at radius 3 is 2.89 bits per heavy atom. The summed E-state index contributed by atoms with van der Waals surface area (Å²) in [6.45, 7) is 1.08. The van der Waals surface area contributed by atoms with Gasteiger partial charge in [0.2, 0.25) is 5.91 Å². The van der Waals surface area contributed by atoms with Gasteiger partial charge in [0.1, 0.15) is 0 Å². The van der Waals surface area contributed by atoms with E-state index in [1.807, 2.05) is 24.3 Å². The number of rotatable bonds is 3. The second kappa shape index (κ2) is 7.24. The molecule has 1 aromatic rings. The summed E-state index contributed by atoms with van der Waals surface area (Å²) in [6.07, 6.45) is 0.0972. The lowest BCUT2D eigenvalue weighted by Crippen LogP contribution is -2.41. The summed E-state index contributed by atoms with van der Waals surface area (Å²) in [5.74, 6) is 0.0338. The maximum atomic E-state index is 12.1. The third-order valence-electron chi connectivity index (χ3n) is 3.09. The Labute approximate surface area is 127 Å². The average molecular weight is 350 g/mol. The van der Waals surface area contributed by atoms with Gasteiger partial charge in [-0.2, -0.15) is 0 Å². The molecular weight excluding hydrogens is 332 g/mol. The van der Waals surface area contributed by atoms with Crippen molar-refractivity contribution in [3.8, 4) is 0 Å². The van der Waals surface area contributed by atoms with E-state index in [2.05, 4.69) is 21.2 Å². The molecule has 6 heteroatoms. The number of amides is 1. The molecular formula is C13H18BrClN2O2. The highest BCUT2D eigenvalue weighted by Crippen LogP contribution is 2.15. The van der Waals surface area contributed by atoms with Crippen molar-refractivity contribution in [3.05, 3.63) is 34.3 Å². The number of nitrogens with zero attached hydrogens (tertiary/aromatic N) is 1. The van der Waals surface area contributed by atoms with E-state index in [0.29, 0.717) is 19.5 Å². The highest BCUT2D eigenvalue weighted by Gasteiger charge is 2.29. The lowest BCUT2D eigenvalue weighted by molar-refractivity contribution is -0.132. The van der Waals surface area contributed by atoms with E-state index in [4.69, 9.17) is 0 Å². The van der Waals surface area contributed by atoms with Crippen LogP contribution in [-0.2, 0) is 11.3 Å². The van der Waals surface area contributed by atoms with Crippen molar-refractivity contribution >= 4 is 34.2 Å². The molecule has 2 rings (SSSR count). The minimum absolute atomic E-state index is 0. The van der Waals surface area contributed by atoms with Crippen molar-refractivity contribution in [1.29, 1.82) is 0 Å². The van der Waals surface area contributed by atoms with Gasteiger partial charge in [0.15, 0.2) is 0 Å². The number of β-amino-alcohol motifs (C(OH)–C–C–N with tert-alkyl or cyclic N) is 1. The fourth-order valence-corrected chi connectivity index (χ4v) is 2.60. The molecule has 0 aliphatic carbocycles. The monoisotopic (exact) mass is 348 g/mol. The molecule has 0 radical (unpaired) electrons. The van der Waals surface area contributed by atoms with Crippen LogP contribution in [-0.4, -0.2) is 41.7 Å². The van der Waals surface area contributed by atoms with Gasteiger partial charge in [-0.05, 0) is 24.1 Å². The Hall–Kier alpha value is -0.620. The van der Waals surface area contributed by atoms with Crippen LogP contribution < -0.4 is 5.32 Å². The van der Waals surface area contributed by atoms with Gasteiger partial charge in [-0.1, -0.05) is 28.1 Å². The molecule has 1 amide bonds. The Balaban J connectivity index is 0.00000180. The molecule has 1 aliphatic rings. The standard InChI is InChI=1S/C13H17BrN2O2.ClH/c1-16(8-9-3-2-4-10(14)5-9)13(18)12-6-11(17)7-15-12;/h2-5,11-12,15,17H,6-8H2,1H3;1H. The largest absolute Gasteiger partial charge is 0.392 e. The van der Waals surface area contributed by atoms with Crippen molar-refractivity contribution in [2.24, 2.45) is 0 Å². The first-order chi connectivity index (χ1) is 8.56. The van der Waals surface area contributed by atoms with Crippen LogP contribution in [0.3, 0.4) is 0 Å². The zero-order valence-corrected chi connectivity index (χ0v) is 13.1. The third kappa shape index (κ3) is 4.45. The molecule has 0 spiro atoms. The topological polar surface area (TPSA) is 52.6 Å². The first-order valence-electron chi connectivity index (χ1n) is 5.97. The van der Waals surface area contributed by atoms with Gasteiger partial charge in [-0.25, -0.2) is 0 Å². The van der Waals surface area contributed by atoms with Crippen molar-refractivity contribution in [2.75, 3.05) is 13.6 Å². The van der Waals surface area contributed by atoms with E-state index in [1.54, 1.807) is 11.9 Å². The summed E-state index contributed by atoms with van der Waals surface area (Å²) in [5, 5.41) is 12.5. The summed E-state index contributed by atoms with van der Waals surface area (Å²) in [7, 11) is 1.79. The molecule has 0 bridgehead atoms. The van der Waals surface area contributed by atoms with Gasteiger partial charge >= 0.3 is 0 Å². The predicted molar refractivity (Wildman–Crippen MR) is 80.3 cm³/mol. The summed E-state index contributed by atoms with van der Waals surface area (Å²) < 4.78 is 1.01. The zero-order valence-electron chi connectivity index (χ0n) is 10.7. The minimum Gasteiger partial charge on any atom is -0.392 e. The number of nitrogens with one attached hydrogen (secondary N) is 1. The SMILES string of the molecule is CN(Cc1cccc(Br)c1)C(=O)C1CC(O)CN1.Cl. The van der Waals surface area contributed by atoms with E-state index in [-0.39, 0.29) is 24.4 Å². The molecule has 2 atom stereocenters. The molecule has 1 aromatic carbocycles. The fraction of sp³-hybridized carbons (Fsp3) is 0.462. The van der Waals surface area contributed by atoms with Crippen LogP contribution in [0.1, 0.15) is 12.0 Å². The quantitative estimate of drug-likeness (QED) is 0.870. The fourth-order valence-electron chi connectivity index (χ4n) is 2.16. The van der Waals surface area contributed by atoms with E-state index >= 15 is 0 Å². The van der Waals surface area contributed by atoms with E-state index < -0.39 is 6.10 Å². The Kier molecular flexibility index (Phi) is 6.26. The van der Waals surface area contributed by atoms with Crippen molar-refractivity contribution in [2.45, 2.75) is 25.1 Å². The van der Waals surface area contributed by atoms with Gasteiger partial charge < -0.3 is 15.3 Å². The molecule has 0 saturated carbocycles. The van der Waals surface area contributed by atoms with Crippen LogP contribution in [0.15, 0.2) is 28.7 Å². The number of halogens is 2. The smallest absolute Gasteiger partial charge is 0.239 e. The molecule has 1 saturated heterocycles. The molecule has 0 aromatic heterocycles. The van der Waals surface area contributed by atoms with Crippen LogP contribution in [0.2, 0.25) is 0 Å². The van der Waals surface area contributed by atoms with Crippen LogP contribution in [0, 0.1) is 0 Å². The van der Waals surface area contributed by atoms with Crippen LogP contribution in [0.25, 0.3) is 0 Å². The molecule has 1 fully saturated rings. The number of aliphatic hydroxyl groups is 1. The number of carbonyl (C=O) groups excluding carboxylic acids is 1. The van der Waals surface area contributed by atoms with Crippen LogP contribution >= 0.6 is 28.3 Å². The van der Waals surface area contributed by atoms with Gasteiger partial charge in [0.25, 0.3) is 0 Å². The second-order valence-electron chi connectivity index (χ2n) is 4.67. The van der Waals surface area contributed by atoms with E-state index in [1.165, 1.54) is 0 Å². The lowest BCUT2D eigenvalue weighted by atomic mass is 10.1. The van der Waals surface area contributed by atoms with E-state index in [9.17, 15) is 9.90 Å². The maximum Gasteiger partial charge on any atom is 0.239 e. The number of hydrogen-bond acceptors (Lipinski definition) is 3. The first kappa shape index (κ1) is 16.4. The summed E-state index contributed by atoms with van der Waals surface area (Å²) in [5.41, 5.74) is 1.08. The van der Waals surface area contributed by atoms with Crippen LogP contribution in [0.4, 0.5) is 0 Å². The van der Waals surface area contributed by atoms with Crippen molar-refractivity contribution in [3.63, 3.8) is 0 Å². The molecule has 2 unspecified atom stereocenters. The molecule has 4 nitrogen and oxygen atoms in total. The molecule has 2 N–H and O–H groups in total. The van der Waals surface area contributed by atoms with Crippen LogP contribution in [0.5, 0.6) is 0 Å². The van der Waals surface area contributed by atoms with Gasteiger partial charge in [0.05, 0.1) is 12.1 Å². The molecule has 19 heavy (non-hydrogen) atoms. The summed E-state index contributed by atoms with van der Waals surface area (Å²) in [4.78, 5) is 13.8. The normalized spacial score (nSPS) is 21.8. The number of aliphatic hydroxyl groups excluding tert-OH is 1. The van der Waals surface area contributed by atoms with Crippen molar-refractivity contribution in [1.82, 2.24) is 10.2 Å². The van der Waals surface area contributed by atoms with Gasteiger partial charge in [0, 0.05) is 24.6 Å². The summed E-state index contributed by atoms with van der Waals surface area (Å²) in [6, 6.07) is 7.65. The number of benzene rings is 1. The summed E-state index contributed by atoms with van der Waals surface area (Å²) >= 11 is 3.41. The van der Waals surface area contributed by atoms with E-state index in [0.717, 1.165) is 10.0 Å². The highest BCUT2D eigenvalue weighted by atomic mass is 79.9. The predicted octanol–water partition coefficient (Wildman–Crippen LogP) is 1.55. The van der Waals surface area contributed by atoms with Crippen molar-refractivity contribution < 1.29 is 9.90 Å². The zero-order chi connectivity index (χ0) is 13.1. The second-order valence-corrected chi connectivity index (χ2v) is 5.59. The number of likely N-dealkylation sites (N-methyl/N-ethyl adjacent to an activating group) is 1. The number of carbonyl (C=O) groups is 1. The highest BCUT2D eigenvalue weighted by molar-refractivity contribution is 9.10. The van der Waals surface area contributed by atoms with Gasteiger partial charge in [-0.3, -0.25) is 4.79 Å². The van der Waals surface area contributed by atoms with Gasteiger partial charge in [-0.15, -0.1) is 12.4 Å². The Morgan fingerprint density at radius 2 is 2.32 bits per heavy atom. The Morgan fingerprint density at radius 1 is 1.58 bits per heavy atom.